The molecule has 1 aliphatic heterocycles. The molecule has 29 heavy (non-hydrogen) atoms. The molecule has 6 nitrogen and oxygen atoms in total. The average Bonchev–Trinajstić information content (AvgIpc) is 2.72. The van der Waals surface area contributed by atoms with Gasteiger partial charge in [-0.3, -0.25) is 14.5 Å². The number of nitrogens with one attached hydrogen (secondary N) is 2. The predicted octanol–water partition coefficient (Wildman–Crippen LogP) is 2.48. The van der Waals surface area contributed by atoms with Crippen LogP contribution in [0.2, 0.25) is 0 Å². The van der Waals surface area contributed by atoms with Crippen LogP contribution in [0.25, 0.3) is 0 Å². The Morgan fingerprint density at radius 2 is 1.79 bits per heavy atom. The van der Waals surface area contributed by atoms with Crippen molar-refractivity contribution in [3.8, 4) is 5.75 Å². The minimum absolute atomic E-state index is 0.00717. The molecule has 2 aromatic rings. The molecule has 0 spiro atoms. The Labute approximate surface area is 172 Å². The molecule has 2 aromatic carbocycles. The molecule has 1 heterocycles. The van der Waals surface area contributed by atoms with Gasteiger partial charge in [-0.1, -0.05) is 42.5 Å². The first kappa shape index (κ1) is 20.9. The van der Waals surface area contributed by atoms with Gasteiger partial charge in [-0.05, 0) is 42.6 Å². The minimum Gasteiger partial charge on any atom is -0.489 e. The van der Waals surface area contributed by atoms with Gasteiger partial charge < -0.3 is 15.4 Å². The number of para-hydroxylation sites is 1. The van der Waals surface area contributed by atoms with Crippen molar-refractivity contribution >= 4 is 11.8 Å². The van der Waals surface area contributed by atoms with Gasteiger partial charge in [0.15, 0.2) is 0 Å². The highest BCUT2D eigenvalue weighted by molar-refractivity contribution is 5.78. The molecule has 0 radical (unpaired) electrons. The largest absolute Gasteiger partial charge is 0.489 e. The van der Waals surface area contributed by atoms with Crippen molar-refractivity contribution < 1.29 is 14.3 Å². The molecule has 6 heteroatoms. The van der Waals surface area contributed by atoms with E-state index in [1.54, 1.807) is 0 Å². The van der Waals surface area contributed by atoms with E-state index < -0.39 is 0 Å². The van der Waals surface area contributed by atoms with Crippen LogP contribution in [0.5, 0.6) is 5.75 Å². The summed E-state index contributed by atoms with van der Waals surface area (Å²) in [5.41, 5.74) is 2.10. The molecule has 3 rings (SSSR count). The lowest BCUT2D eigenvalue weighted by Crippen LogP contribution is -2.49. The molecule has 2 N–H and O–H groups in total. The fourth-order valence-electron chi connectivity index (χ4n) is 3.61. The second-order valence-corrected chi connectivity index (χ2v) is 7.42. The maximum atomic E-state index is 12.4. The number of hydrogen-bond donors (Lipinski definition) is 2. The summed E-state index contributed by atoms with van der Waals surface area (Å²) in [6, 6.07) is 17.8. The van der Waals surface area contributed by atoms with Gasteiger partial charge in [0.25, 0.3) is 0 Å². The van der Waals surface area contributed by atoms with Crippen LogP contribution in [-0.4, -0.2) is 42.4 Å². The number of rotatable bonds is 8. The number of piperidine rings is 1. The molecule has 2 amide bonds. The van der Waals surface area contributed by atoms with Gasteiger partial charge in [0.1, 0.15) is 12.4 Å². The standard InChI is InChI=1S/C23H29N3O3/c1-18(27)25-21-10-7-13-26(15-21)16-23(28)24-14-19-8-5-6-9-20(19)17-29-22-11-3-2-4-12-22/h2-6,8-9,11-12,21H,7,10,13-17H2,1H3,(H,24,28)(H,25,27). The minimum atomic E-state index is -0.0179. The fraction of sp³-hybridized carbons (Fsp3) is 0.391. The average molecular weight is 396 g/mol. The van der Waals surface area contributed by atoms with E-state index in [9.17, 15) is 9.59 Å². The number of carbonyl (C=O) groups excluding carboxylic acids is 2. The molecule has 0 bridgehead atoms. The number of ether oxygens (including phenoxy) is 1. The third-order valence-corrected chi connectivity index (χ3v) is 5.01. The van der Waals surface area contributed by atoms with Crippen molar-refractivity contribution in [1.29, 1.82) is 0 Å². The van der Waals surface area contributed by atoms with E-state index in [2.05, 4.69) is 15.5 Å². The first-order valence-electron chi connectivity index (χ1n) is 10.1. The summed E-state index contributed by atoms with van der Waals surface area (Å²) in [5, 5.41) is 5.97. The van der Waals surface area contributed by atoms with E-state index in [-0.39, 0.29) is 17.9 Å². The molecule has 1 unspecified atom stereocenters. The molecule has 0 saturated carbocycles. The molecule has 1 atom stereocenters. The smallest absolute Gasteiger partial charge is 0.234 e. The highest BCUT2D eigenvalue weighted by Gasteiger charge is 2.22. The Balaban J connectivity index is 1.48. The topological polar surface area (TPSA) is 70.7 Å². The molecular weight excluding hydrogens is 366 g/mol. The van der Waals surface area contributed by atoms with Gasteiger partial charge in [0, 0.05) is 26.1 Å². The summed E-state index contributed by atoms with van der Waals surface area (Å²) < 4.78 is 5.85. The van der Waals surface area contributed by atoms with Gasteiger partial charge in [-0.15, -0.1) is 0 Å². The first-order chi connectivity index (χ1) is 14.1. The Kier molecular flexibility index (Phi) is 7.64. The third-order valence-electron chi connectivity index (χ3n) is 5.01. The van der Waals surface area contributed by atoms with E-state index in [0.29, 0.717) is 26.2 Å². The van der Waals surface area contributed by atoms with Gasteiger partial charge >= 0.3 is 0 Å². The summed E-state index contributed by atoms with van der Waals surface area (Å²) in [5.74, 6) is 0.799. The Bertz CT molecular complexity index is 810. The Morgan fingerprint density at radius 3 is 2.55 bits per heavy atom. The van der Waals surface area contributed by atoms with Crippen molar-refractivity contribution in [1.82, 2.24) is 15.5 Å². The number of nitrogens with zero attached hydrogens (tertiary/aromatic N) is 1. The molecule has 1 fully saturated rings. The molecule has 0 aliphatic carbocycles. The summed E-state index contributed by atoms with van der Waals surface area (Å²) in [7, 11) is 0. The summed E-state index contributed by atoms with van der Waals surface area (Å²) in [6.07, 6.45) is 1.95. The van der Waals surface area contributed by atoms with E-state index in [1.807, 2.05) is 54.6 Å². The molecule has 0 aromatic heterocycles. The molecule has 1 saturated heterocycles. The van der Waals surface area contributed by atoms with Gasteiger partial charge in [0.2, 0.25) is 11.8 Å². The van der Waals surface area contributed by atoms with Crippen molar-refractivity contribution in [3.63, 3.8) is 0 Å². The molecule has 1 aliphatic rings. The van der Waals surface area contributed by atoms with Crippen LogP contribution in [0.1, 0.15) is 30.9 Å². The van der Waals surface area contributed by atoms with Crippen LogP contribution in [0.15, 0.2) is 54.6 Å². The lowest BCUT2D eigenvalue weighted by Gasteiger charge is -2.32. The number of hydrogen-bond acceptors (Lipinski definition) is 4. The zero-order valence-electron chi connectivity index (χ0n) is 16.9. The van der Waals surface area contributed by atoms with Crippen molar-refractivity contribution in [3.05, 3.63) is 65.7 Å². The first-order valence-corrected chi connectivity index (χ1v) is 10.1. The SMILES string of the molecule is CC(=O)NC1CCCN(CC(=O)NCc2ccccc2COc2ccccc2)C1. The van der Waals surface area contributed by atoms with Gasteiger partial charge in [0.05, 0.1) is 6.54 Å². The monoisotopic (exact) mass is 395 g/mol. The lowest BCUT2D eigenvalue weighted by atomic mass is 10.1. The lowest BCUT2D eigenvalue weighted by molar-refractivity contribution is -0.122. The predicted molar refractivity (Wildman–Crippen MR) is 112 cm³/mol. The van der Waals surface area contributed by atoms with Crippen molar-refractivity contribution in [2.75, 3.05) is 19.6 Å². The number of carbonyl (C=O) groups is 2. The van der Waals surface area contributed by atoms with Crippen molar-refractivity contribution in [2.45, 2.75) is 39.0 Å². The van der Waals surface area contributed by atoms with E-state index >= 15 is 0 Å². The second-order valence-electron chi connectivity index (χ2n) is 7.42. The Hall–Kier alpha value is -2.86. The van der Waals surface area contributed by atoms with Crippen LogP contribution >= 0.6 is 0 Å². The zero-order valence-corrected chi connectivity index (χ0v) is 16.9. The number of likely N-dealkylation sites (tertiary alicyclic amines) is 1. The normalized spacial score (nSPS) is 16.8. The van der Waals surface area contributed by atoms with Crippen molar-refractivity contribution in [2.24, 2.45) is 0 Å². The second kappa shape index (κ2) is 10.6. The summed E-state index contributed by atoms with van der Waals surface area (Å²) in [4.78, 5) is 25.8. The third kappa shape index (κ3) is 6.91. The maximum absolute atomic E-state index is 12.4. The highest BCUT2D eigenvalue weighted by atomic mass is 16.5. The number of benzene rings is 2. The van der Waals surface area contributed by atoms with E-state index in [0.717, 1.165) is 36.3 Å². The molecule has 154 valence electrons. The Morgan fingerprint density at radius 1 is 1.07 bits per heavy atom. The highest BCUT2D eigenvalue weighted by Crippen LogP contribution is 2.15. The van der Waals surface area contributed by atoms with Crippen LogP contribution in [-0.2, 0) is 22.7 Å². The van der Waals surface area contributed by atoms with Crippen LogP contribution in [0.3, 0.4) is 0 Å². The van der Waals surface area contributed by atoms with Crippen LogP contribution in [0, 0.1) is 0 Å². The van der Waals surface area contributed by atoms with E-state index in [4.69, 9.17) is 4.74 Å². The van der Waals surface area contributed by atoms with E-state index in [1.165, 1.54) is 6.92 Å². The van der Waals surface area contributed by atoms with Gasteiger partial charge in [-0.2, -0.15) is 0 Å². The molecular formula is C23H29N3O3. The van der Waals surface area contributed by atoms with Gasteiger partial charge in [-0.25, -0.2) is 0 Å². The quantitative estimate of drug-likeness (QED) is 0.720. The number of amides is 2. The summed E-state index contributed by atoms with van der Waals surface area (Å²) >= 11 is 0. The maximum Gasteiger partial charge on any atom is 0.234 e. The fourth-order valence-corrected chi connectivity index (χ4v) is 3.61. The zero-order chi connectivity index (χ0) is 20.5. The summed E-state index contributed by atoms with van der Waals surface area (Å²) in [6.45, 7) is 4.40. The van der Waals surface area contributed by atoms with Crippen LogP contribution in [0.4, 0.5) is 0 Å². The van der Waals surface area contributed by atoms with Crippen LogP contribution < -0.4 is 15.4 Å².